The average Bonchev–Trinajstić information content (AvgIpc) is 2.17. The maximum atomic E-state index is 5.93. The molecule has 0 nitrogen and oxygen atoms in total. The van der Waals surface area contributed by atoms with Gasteiger partial charge < -0.3 is 0 Å². The summed E-state index contributed by atoms with van der Waals surface area (Å²) in [6.07, 6.45) is 2.55. The lowest BCUT2D eigenvalue weighted by Crippen LogP contribution is -2.08. The Morgan fingerprint density at radius 2 is 1.90 bits per heavy atom. The molecule has 0 aromatic carbocycles. The molecule has 1 fully saturated rings. The molecule has 1 heteroatoms. The number of hydrogen-bond acceptors (Lipinski definition) is 0. The van der Waals surface area contributed by atoms with Crippen LogP contribution in [0.25, 0.3) is 0 Å². The zero-order valence-corrected chi connectivity index (χ0v) is 7.30. The molecule has 1 rings (SSSR count). The predicted octanol–water partition coefficient (Wildman–Crippen LogP) is 2.65. The summed E-state index contributed by atoms with van der Waals surface area (Å²) in [5, 5.41) is 0. The first-order valence-electron chi connectivity index (χ1n) is 4.42. The highest BCUT2D eigenvalue weighted by molar-refractivity contribution is 6.12. The quantitative estimate of drug-likeness (QED) is 0.486. The summed E-state index contributed by atoms with van der Waals surface area (Å²) in [5.41, 5.74) is 0. The lowest BCUT2D eigenvalue weighted by molar-refractivity contribution is 0.349. The van der Waals surface area contributed by atoms with Crippen LogP contribution in [0.5, 0.6) is 0 Å². The van der Waals surface area contributed by atoms with Crippen LogP contribution in [-0.2, 0) is 0 Å². The fraction of sp³-hybridized carbons (Fsp3) is 1.00. The molecule has 0 spiro atoms. The first-order valence-corrected chi connectivity index (χ1v) is 4.42. The third kappa shape index (κ3) is 1.23. The summed E-state index contributed by atoms with van der Waals surface area (Å²) in [5.74, 6) is 2.95. The Bertz CT molecular complexity index is 111. The van der Waals surface area contributed by atoms with E-state index in [1.54, 1.807) is 0 Å². The molecule has 0 aliphatic heterocycles. The normalized spacial score (nSPS) is 47.9. The van der Waals surface area contributed by atoms with Crippen LogP contribution in [0, 0.1) is 17.8 Å². The lowest BCUT2D eigenvalue weighted by atomic mass is 9.78. The molecule has 56 valence electrons. The lowest BCUT2D eigenvalue weighted by Gasteiger charge is -2.16. The van der Waals surface area contributed by atoms with Crippen molar-refractivity contribution in [2.45, 2.75) is 39.4 Å². The largest absolute Gasteiger partial charge is 0.0743 e. The van der Waals surface area contributed by atoms with E-state index in [9.17, 15) is 0 Å². The molecular formula is C9H17B. The van der Waals surface area contributed by atoms with Crippen molar-refractivity contribution in [2.75, 3.05) is 0 Å². The Hall–Kier alpha value is 0.0649. The molecule has 2 radical (unpaired) electrons. The summed E-state index contributed by atoms with van der Waals surface area (Å²) in [4.78, 5) is 0. The van der Waals surface area contributed by atoms with E-state index < -0.39 is 0 Å². The average molecular weight is 136 g/mol. The van der Waals surface area contributed by atoms with Crippen LogP contribution in [0.1, 0.15) is 33.6 Å². The van der Waals surface area contributed by atoms with Gasteiger partial charge in [0, 0.05) is 0 Å². The van der Waals surface area contributed by atoms with Crippen LogP contribution in [0.15, 0.2) is 0 Å². The monoisotopic (exact) mass is 136 g/mol. The van der Waals surface area contributed by atoms with Gasteiger partial charge >= 0.3 is 0 Å². The molecule has 0 aromatic heterocycles. The van der Waals surface area contributed by atoms with E-state index in [0.29, 0.717) is 5.82 Å². The van der Waals surface area contributed by atoms with Crippen molar-refractivity contribution in [3.05, 3.63) is 0 Å². The van der Waals surface area contributed by atoms with E-state index in [1.165, 1.54) is 12.8 Å². The zero-order valence-electron chi connectivity index (χ0n) is 7.30. The number of hydrogen-bond donors (Lipinski definition) is 0. The van der Waals surface area contributed by atoms with Crippen LogP contribution in [-0.4, -0.2) is 7.85 Å². The van der Waals surface area contributed by atoms with Gasteiger partial charge in [-0.2, -0.15) is 0 Å². The van der Waals surface area contributed by atoms with Crippen molar-refractivity contribution in [3.63, 3.8) is 0 Å². The van der Waals surface area contributed by atoms with E-state index in [0.717, 1.165) is 17.8 Å². The standard InChI is InChI=1S/C9H17B/c1-4-8-5-9(10)7(3)6(8)2/h6-9H,4-5H2,1-3H3/t6?,7?,8-,9-/m0/s1. The Morgan fingerprint density at radius 1 is 1.30 bits per heavy atom. The van der Waals surface area contributed by atoms with Gasteiger partial charge in [0.2, 0.25) is 0 Å². The van der Waals surface area contributed by atoms with Crippen LogP contribution >= 0.6 is 0 Å². The third-order valence-corrected chi connectivity index (χ3v) is 3.35. The molecule has 2 unspecified atom stereocenters. The van der Waals surface area contributed by atoms with E-state index in [1.807, 2.05) is 0 Å². The van der Waals surface area contributed by atoms with Gasteiger partial charge in [-0.3, -0.25) is 0 Å². The molecule has 4 atom stereocenters. The van der Waals surface area contributed by atoms with Crippen molar-refractivity contribution < 1.29 is 0 Å². The van der Waals surface area contributed by atoms with E-state index in [2.05, 4.69) is 20.8 Å². The maximum Gasteiger partial charge on any atom is 0.0703 e. The molecule has 0 saturated heterocycles. The third-order valence-electron chi connectivity index (χ3n) is 3.35. The first-order chi connectivity index (χ1) is 4.66. The SMILES string of the molecule is [B][C@H]1C[C@H](CC)C(C)C1C. The second-order valence-corrected chi connectivity index (χ2v) is 3.79. The van der Waals surface area contributed by atoms with Crippen LogP contribution < -0.4 is 0 Å². The zero-order chi connectivity index (χ0) is 7.72. The molecule has 0 aromatic rings. The minimum absolute atomic E-state index is 0.472. The van der Waals surface area contributed by atoms with Crippen molar-refractivity contribution in [2.24, 2.45) is 17.8 Å². The van der Waals surface area contributed by atoms with Crippen molar-refractivity contribution in [3.8, 4) is 0 Å². The summed E-state index contributed by atoms with van der Waals surface area (Å²) < 4.78 is 0. The van der Waals surface area contributed by atoms with Crippen LogP contribution in [0.4, 0.5) is 0 Å². The highest BCUT2D eigenvalue weighted by Crippen LogP contribution is 2.44. The minimum atomic E-state index is 0.472. The van der Waals surface area contributed by atoms with E-state index in [-0.39, 0.29) is 0 Å². The van der Waals surface area contributed by atoms with Gasteiger partial charge in [-0.15, -0.1) is 0 Å². The van der Waals surface area contributed by atoms with Gasteiger partial charge in [0.1, 0.15) is 0 Å². The van der Waals surface area contributed by atoms with Gasteiger partial charge in [-0.1, -0.05) is 39.4 Å². The molecule has 10 heavy (non-hydrogen) atoms. The summed E-state index contributed by atoms with van der Waals surface area (Å²) >= 11 is 0. The fourth-order valence-electron chi connectivity index (χ4n) is 2.14. The van der Waals surface area contributed by atoms with Crippen molar-refractivity contribution in [1.29, 1.82) is 0 Å². The van der Waals surface area contributed by atoms with Crippen LogP contribution in [0.3, 0.4) is 0 Å². The van der Waals surface area contributed by atoms with Crippen LogP contribution in [0.2, 0.25) is 5.82 Å². The second kappa shape index (κ2) is 2.98. The first kappa shape index (κ1) is 8.16. The summed E-state index contributed by atoms with van der Waals surface area (Å²) in [6, 6.07) is 0. The van der Waals surface area contributed by atoms with Gasteiger partial charge in [0.15, 0.2) is 0 Å². The number of rotatable bonds is 1. The molecule has 0 heterocycles. The van der Waals surface area contributed by atoms with E-state index >= 15 is 0 Å². The van der Waals surface area contributed by atoms with Gasteiger partial charge in [0.25, 0.3) is 0 Å². The molecular weight excluding hydrogens is 119 g/mol. The Kier molecular flexibility index (Phi) is 2.43. The smallest absolute Gasteiger partial charge is 0.0703 e. The Morgan fingerprint density at radius 3 is 2.10 bits per heavy atom. The van der Waals surface area contributed by atoms with Crippen molar-refractivity contribution in [1.82, 2.24) is 0 Å². The highest BCUT2D eigenvalue weighted by atomic mass is 14.4. The van der Waals surface area contributed by atoms with Crippen molar-refractivity contribution >= 4 is 7.85 Å². The van der Waals surface area contributed by atoms with E-state index in [4.69, 9.17) is 7.85 Å². The summed E-state index contributed by atoms with van der Waals surface area (Å²) in [6.45, 7) is 6.89. The molecule has 0 bridgehead atoms. The molecule has 1 aliphatic carbocycles. The molecule has 0 amide bonds. The molecule has 0 N–H and O–H groups in total. The Labute approximate surface area is 65.8 Å². The second-order valence-electron chi connectivity index (χ2n) is 3.79. The molecule has 1 aliphatic rings. The van der Waals surface area contributed by atoms with Gasteiger partial charge in [0.05, 0.1) is 7.85 Å². The predicted molar refractivity (Wildman–Crippen MR) is 46.2 cm³/mol. The Balaban J connectivity index is 2.53. The minimum Gasteiger partial charge on any atom is -0.0743 e. The highest BCUT2D eigenvalue weighted by Gasteiger charge is 2.33. The van der Waals surface area contributed by atoms with Gasteiger partial charge in [-0.25, -0.2) is 0 Å². The van der Waals surface area contributed by atoms with Gasteiger partial charge in [-0.05, 0) is 17.8 Å². The fourth-order valence-corrected chi connectivity index (χ4v) is 2.14. The maximum absolute atomic E-state index is 5.93. The molecule has 1 saturated carbocycles. The topological polar surface area (TPSA) is 0 Å². The summed E-state index contributed by atoms with van der Waals surface area (Å²) in [7, 11) is 5.93.